The van der Waals surface area contributed by atoms with Gasteiger partial charge in [-0.05, 0) is 34.5 Å². The van der Waals surface area contributed by atoms with E-state index in [0.29, 0.717) is 13.2 Å². The van der Waals surface area contributed by atoms with Crippen LogP contribution in [0.25, 0.3) is 0 Å². The van der Waals surface area contributed by atoms with E-state index in [4.69, 9.17) is 14.6 Å². The maximum Gasteiger partial charge on any atom is 0.336 e. The molecule has 0 fully saturated rings. The first-order valence-electron chi connectivity index (χ1n) is 5.49. The summed E-state index contributed by atoms with van der Waals surface area (Å²) in [6.45, 7) is 3.21. The zero-order valence-corrected chi connectivity index (χ0v) is 11.5. The number of aromatic carboxylic acids is 1. The predicted octanol–water partition coefficient (Wildman–Crippen LogP) is 3.09. The normalized spacial score (nSPS) is 10.4. The van der Waals surface area contributed by atoms with Gasteiger partial charge in [-0.2, -0.15) is 0 Å². The Balaban J connectivity index is 2.62. The molecule has 0 aliphatic carbocycles. The van der Waals surface area contributed by atoms with Crippen LogP contribution in [0.3, 0.4) is 0 Å². The third kappa shape index (κ3) is 3.96. The Bertz CT molecular complexity index is 423. The molecule has 1 rings (SSSR count). The Morgan fingerprint density at radius 1 is 1.39 bits per heavy atom. The molecule has 0 spiro atoms. The van der Waals surface area contributed by atoms with Gasteiger partial charge in [0, 0.05) is 6.61 Å². The number of ether oxygens (including phenoxy) is 2. The first-order valence-corrected chi connectivity index (χ1v) is 6.29. The maximum absolute atomic E-state index is 13.7. The molecular formula is C12H14BrFO4. The van der Waals surface area contributed by atoms with Gasteiger partial charge in [-0.25, -0.2) is 9.18 Å². The molecule has 100 valence electrons. The van der Waals surface area contributed by atoms with Crippen LogP contribution in [0, 0.1) is 5.82 Å². The second kappa shape index (κ2) is 7.33. The Kier molecular flexibility index (Phi) is 6.07. The number of hydrogen-bond donors (Lipinski definition) is 1. The summed E-state index contributed by atoms with van der Waals surface area (Å²) in [5, 5.41) is 8.80. The molecule has 0 saturated carbocycles. The Morgan fingerprint density at radius 2 is 2.11 bits per heavy atom. The van der Waals surface area contributed by atoms with Gasteiger partial charge in [0.1, 0.15) is 6.61 Å². The number of carbonyl (C=O) groups is 1. The minimum absolute atomic E-state index is 0.00646. The standard InChI is InChI=1S/C12H14BrFO4/c1-2-5-17-6-7-18-9-4-3-8(12(15)16)10(13)11(9)14/h3-4H,2,5-7H2,1H3,(H,15,16). The Hall–Kier alpha value is -1.14. The smallest absolute Gasteiger partial charge is 0.336 e. The number of carboxylic acid groups (broad SMARTS) is 1. The largest absolute Gasteiger partial charge is 0.488 e. The van der Waals surface area contributed by atoms with Gasteiger partial charge < -0.3 is 14.6 Å². The van der Waals surface area contributed by atoms with E-state index in [9.17, 15) is 9.18 Å². The van der Waals surface area contributed by atoms with Crippen molar-refractivity contribution >= 4 is 21.9 Å². The highest BCUT2D eigenvalue weighted by Gasteiger charge is 2.16. The van der Waals surface area contributed by atoms with Gasteiger partial charge in [-0.15, -0.1) is 0 Å². The molecular weight excluding hydrogens is 307 g/mol. The topological polar surface area (TPSA) is 55.8 Å². The summed E-state index contributed by atoms with van der Waals surface area (Å²) in [5.74, 6) is -1.91. The average Bonchev–Trinajstić information content (AvgIpc) is 2.33. The second-order valence-electron chi connectivity index (χ2n) is 3.51. The van der Waals surface area contributed by atoms with Gasteiger partial charge in [-0.3, -0.25) is 0 Å². The van der Waals surface area contributed by atoms with Crippen LogP contribution < -0.4 is 4.74 Å². The first kappa shape index (κ1) is 14.9. The Labute approximate surface area is 113 Å². The predicted molar refractivity (Wildman–Crippen MR) is 67.7 cm³/mol. The van der Waals surface area contributed by atoms with Gasteiger partial charge in [0.05, 0.1) is 16.6 Å². The fourth-order valence-electron chi connectivity index (χ4n) is 1.27. The summed E-state index contributed by atoms with van der Waals surface area (Å²) in [6, 6.07) is 2.58. The van der Waals surface area contributed by atoms with Crippen molar-refractivity contribution in [2.45, 2.75) is 13.3 Å². The van der Waals surface area contributed by atoms with Crippen molar-refractivity contribution in [2.75, 3.05) is 19.8 Å². The summed E-state index contributed by atoms with van der Waals surface area (Å²) in [7, 11) is 0. The van der Waals surface area contributed by atoms with E-state index in [0.717, 1.165) is 6.42 Å². The molecule has 0 bridgehead atoms. The highest BCUT2D eigenvalue weighted by molar-refractivity contribution is 9.10. The van der Waals surface area contributed by atoms with Gasteiger partial charge in [-0.1, -0.05) is 6.92 Å². The molecule has 1 N–H and O–H groups in total. The minimum Gasteiger partial charge on any atom is -0.488 e. The summed E-state index contributed by atoms with van der Waals surface area (Å²) >= 11 is 2.90. The lowest BCUT2D eigenvalue weighted by atomic mass is 10.2. The lowest BCUT2D eigenvalue weighted by molar-refractivity contribution is 0.0694. The van der Waals surface area contributed by atoms with E-state index in [1.807, 2.05) is 6.92 Å². The van der Waals surface area contributed by atoms with Crippen molar-refractivity contribution in [1.82, 2.24) is 0 Å². The fourth-order valence-corrected chi connectivity index (χ4v) is 1.76. The van der Waals surface area contributed by atoms with Crippen molar-refractivity contribution in [3.05, 3.63) is 28.0 Å². The first-order chi connectivity index (χ1) is 8.57. The molecule has 4 nitrogen and oxygen atoms in total. The number of rotatable bonds is 7. The van der Waals surface area contributed by atoms with Crippen molar-refractivity contribution in [1.29, 1.82) is 0 Å². The quantitative estimate of drug-likeness (QED) is 0.784. The zero-order chi connectivity index (χ0) is 13.5. The van der Waals surface area contributed by atoms with Gasteiger partial charge >= 0.3 is 5.97 Å². The second-order valence-corrected chi connectivity index (χ2v) is 4.30. The average molecular weight is 321 g/mol. The molecule has 1 aromatic rings. The molecule has 0 atom stereocenters. The molecule has 0 heterocycles. The molecule has 0 aromatic heterocycles. The minimum atomic E-state index is -1.20. The fraction of sp³-hybridized carbons (Fsp3) is 0.417. The van der Waals surface area contributed by atoms with E-state index < -0.39 is 11.8 Å². The van der Waals surface area contributed by atoms with Crippen molar-refractivity contribution in [3.63, 3.8) is 0 Å². The van der Waals surface area contributed by atoms with Crippen LogP contribution in [0.5, 0.6) is 5.75 Å². The third-order valence-corrected chi connectivity index (χ3v) is 2.89. The number of benzene rings is 1. The highest BCUT2D eigenvalue weighted by Crippen LogP contribution is 2.28. The zero-order valence-electron chi connectivity index (χ0n) is 9.91. The molecule has 0 aliphatic heterocycles. The highest BCUT2D eigenvalue weighted by atomic mass is 79.9. The van der Waals surface area contributed by atoms with Crippen LogP contribution in [-0.4, -0.2) is 30.9 Å². The van der Waals surface area contributed by atoms with Crippen molar-refractivity contribution < 1.29 is 23.8 Å². The monoisotopic (exact) mass is 320 g/mol. The summed E-state index contributed by atoms with van der Waals surface area (Å²) in [6.07, 6.45) is 0.910. The van der Waals surface area contributed by atoms with E-state index in [2.05, 4.69) is 15.9 Å². The summed E-state index contributed by atoms with van der Waals surface area (Å²) < 4.78 is 24.0. The number of halogens is 2. The van der Waals surface area contributed by atoms with Gasteiger partial charge in [0.25, 0.3) is 0 Å². The van der Waals surface area contributed by atoms with Crippen LogP contribution in [0.4, 0.5) is 4.39 Å². The molecule has 0 saturated heterocycles. The van der Waals surface area contributed by atoms with Gasteiger partial charge in [0.2, 0.25) is 0 Å². The molecule has 0 radical (unpaired) electrons. The number of carboxylic acids is 1. The van der Waals surface area contributed by atoms with Crippen LogP contribution in [0.1, 0.15) is 23.7 Å². The lowest BCUT2D eigenvalue weighted by Gasteiger charge is -2.09. The third-order valence-electron chi connectivity index (χ3n) is 2.11. The molecule has 1 aromatic carbocycles. The molecule has 0 amide bonds. The SMILES string of the molecule is CCCOCCOc1ccc(C(=O)O)c(Br)c1F. The van der Waals surface area contributed by atoms with E-state index in [1.54, 1.807) is 0 Å². The van der Waals surface area contributed by atoms with Crippen LogP contribution in [-0.2, 0) is 4.74 Å². The number of hydrogen-bond acceptors (Lipinski definition) is 3. The molecule has 0 unspecified atom stereocenters. The molecule has 6 heteroatoms. The van der Waals surface area contributed by atoms with E-state index in [1.165, 1.54) is 12.1 Å². The van der Waals surface area contributed by atoms with Crippen LogP contribution in [0.15, 0.2) is 16.6 Å². The summed E-state index contributed by atoms with van der Waals surface area (Å²) in [5.41, 5.74) is -0.137. The van der Waals surface area contributed by atoms with E-state index >= 15 is 0 Å². The lowest BCUT2D eigenvalue weighted by Crippen LogP contribution is -2.09. The van der Waals surface area contributed by atoms with Crippen LogP contribution >= 0.6 is 15.9 Å². The Morgan fingerprint density at radius 3 is 2.72 bits per heavy atom. The van der Waals surface area contributed by atoms with Gasteiger partial charge in [0.15, 0.2) is 11.6 Å². The molecule has 0 aliphatic rings. The molecule has 18 heavy (non-hydrogen) atoms. The summed E-state index contributed by atoms with van der Waals surface area (Å²) in [4.78, 5) is 10.8. The van der Waals surface area contributed by atoms with Crippen LogP contribution in [0.2, 0.25) is 0 Å². The maximum atomic E-state index is 13.7. The van der Waals surface area contributed by atoms with E-state index in [-0.39, 0.29) is 22.4 Å². The van der Waals surface area contributed by atoms with Crippen molar-refractivity contribution in [2.24, 2.45) is 0 Å². The van der Waals surface area contributed by atoms with Crippen molar-refractivity contribution in [3.8, 4) is 5.75 Å².